The van der Waals surface area contributed by atoms with Crippen LogP contribution in [0.15, 0.2) is 29.2 Å². The first-order chi connectivity index (χ1) is 12.2. The van der Waals surface area contributed by atoms with Crippen molar-refractivity contribution < 1.29 is 21.6 Å². The fourth-order valence-corrected chi connectivity index (χ4v) is 6.86. The number of carbonyl (C=O) groups excluding carboxylic acids is 1. The van der Waals surface area contributed by atoms with Crippen LogP contribution >= 0.6 is 11.6 Å². The molecule has 7 nitrogen and oxygen atoms in total. The Hall–Kier alpha value is -1.16. The smallest absolute Gasteiger partial charge is 0.243 e. The van der Waals surface area contributed by atoms with Crippen LogP contribution in [0.1, 0.15) is 25.7 Å². The van der Waals surface area contributed by atoms with Crippen LogP contribution in [-0.4, -0.2) is 57.2 Å². The number of benzene rings is 1. The van der Waals surface area contributed by atoms with Crippen molar-refractivity contribution in [2.45, 2.75) is 42.7 Å². The Balaban J connectivity index is 1.79. The average molecular weight is 421 g/mol. The molecule has 2 fully saturated rings. The minimum absolute atomic E-state index is 0.0510. The van der Waals surface area contributed by atoms with Crippen LogP contribution in [0.25, 0.3) is 0 Å². The van der Waals surface area contributed by atoms with Gasteiger partial charge in [-0.25, -0.2) is 16.8 Å². The summed E-state index contributed by atoms with van der Waals surface area (Å²) in [6, 6.07) is 4.56. The number of sulfonamides is 1. The highest BCUT2D eigenvalue weighted by Crippen LogP contribution is 2.26. The van der Waals surface area contributed by atoms with Crippen molar-refractivity contribution in [2.24, 2.45) is 0 Å². The van der Waals surface area contributed by atoms with E-state index >= 15 is 0 Å². The van der Waals surface area contributed by atoms with Crippen molar-refractivity contribution in [1.82, 2.24) is 9.62 Å². The van der Waals surface area contributed by atoms with Crippen molar-refractivity contribution in [2.75, 3.05) is 18.1 Å². The molecule has 26 heavy (non-hydrogen) atoms. The molecule has 1 aromatic carbocycles. The molecule has 0 bridgehead atoms. The molecule has 2 saturated heterocycles. The predicted molar refractivity (Wildman–Crippen MR) is 98.2 cm³/mol. The topological polar surface area (TPSA) is 101 Å². The van der Waals surface area contributed by atoms with Crippen molar-refractivity contribution >= 4 is 37.4 Å². The Morgan fingerprint density at radius 3 is 2.46 bits per heavy atom. The molecule has 1 N–H and O–H groups in total. The summed E-state index contributed by atoms with van der Waals surface area (Å²) in [5.74, 6) is -0.463. The van der Waals surface area contributed by atoms with E-state index in [9.17, 15) is 21.6 Å². The van der Waals surface area contributed by atoms with Gasteiger partial charge in [0.15, 0.2) is 9.84 Å². The molecule has 0 radical (unpaired) electrons. The van der Waals surface area contributed by atoms with Crippen LogP contribution in [-0.2, 0) is 24.7 Å². The molecule has 3 rings (SSSR count). The van der Waals surface area contributed by atoms with Gasteiger partial charge in [-0.15, -0.1) is 0 Å². The lowest BCUT2D eigenvalue weighted by Crippen LogP contribution is -2.53. The van der Waals surface area contributed by atoms with E-state index in [4.69, 9.17) is 11.6 Å². The molecule has 2 heterocycles. The van der Waals surface area contributed by atoms with Crippen molar-refractivity contribution in [3.8, 4) is 0 Å². The number of amides is 1. The second-order valence-corrected chi connectivity index (χ2v) is 11.2. The van der Waals surface area contributed by atoms with E-state index < -0.39 is 37.9 Å². The SMILES string of the molecule is O=C(N[C@H]1CCS(=O)(=O)C1)[C@@H]1CCCCN1S(=O)(=O)c1ccc(Cl)cc1. The van der Waals surface area contributed by atoms with E-state index in [1.54, 1.807) is 0 Å². The number of nitrogens with zero attached hydrogens (tertiary/aromatic N) is 1. The fourth-order valence-electron chi connectivity index (χ4n) is 3.40. The van der Waals surface area contributed by atoms with Gasteiger partial charge in [-0.05, 0) is 43.5 Å². The molecule has 0 unspecified atom stereocenters. The summed E-state index contributed by atoms with van der Waals surface area (Å²) in [7, 11) is -6.95. The van der Waals surface area contributed by atoms with Gasteiger partial charge < -0.3 is 5.32 Å². The number of halogens is 1. The molecule has 2 aliphatic heterocycles. The Bertz CT molecular complexity index is 884. The van der Waals surface area contributed by atoms with E-state index in [0.29, 0.717) is 24.3 Å². The lowest BCUT2D eigenvalue weighted by Gasteiger charge is -2.34. The van der Waals surface area contributed by atoms with E-state index in [0.717, 1.165) is 6.42 Å². The highest BCUT2D eigenvalue weighted by molar-refractivity contribution is 7.91. The van der Waals surface area contributed by atoms with Gasteiger partial charge in [-0.1, -0.05) is 18.0 Å². The summed E-state index contributed by atoms with van der Waals surface area (Å²) in [5.41, 5.74) is 0. The first-order valence-corrected chi connectivity index (χ1v) is 12.1. The molecule has 0 spiro atoms. The molecule has 2 atom stereocenters. The average Bonchev–Trinajstić information content (AvgIpc) is 2.93. The predicted octanol–water partition coefficient (Wildman–Crippen LogP) is 1.19. The molecule has 144 valence electrons. The zero-order chi connectivity index (χ0) is 18.9. The summed E-state index contributed by atoms with van der Waals surface area (Å²) in [4.78, 5) is 12.8. The summed E-state index contributed by atoms with van der Waals surface area (Å²) < 4.78 is 50.3. The molecular formula is C16H21ClN2O5S2. The number of sulfone groups is 1. The molecule has 10 heteroatoms. The normalized spacial score (nSPS) is 26.5. The summed E-state index contributed by atoms with van der Waals surface area (Å²) >= 11 is 5.82. The quantitative estimate of drug-likeness (QED) is 0.788. The Labute approximate surface area is 158 Å². The summed E-state index contributed by atoms with van der Waals surface area (Å²) in [6.45, 7) is 0.256. The maximum Gasteiger partial charge on any atom is 0.243 e. The molecule has 2 aliphatic rings. The van der Waals surface area contributed by atoms with E-state index in [1.165, 1.54) is 28.6 Å². The number of hydrogen-bond donors (Lipinski definition) is 1. The van der Waals surface area contributed by atoms with Crippen LogP contribution in [0.4, 0.5) is 0 Å². The number of hydrogen-bond acceptors (Lipinski definition) is 5. The molecular weight excluding hydrogens is 400 g/mol. The van der Waals surface area contributed by atoms with Crippen LogP contribution in [0.2, 0.25) is 5.02 Å². The van der Waals surface area contributed by atoms with E-state index in [1.807, 2.05) is 0 Å². The van der Waals surface area contributed by atoms with Gasteiger partial charge in [0, 0.05) is 17.6 Å². The van der Waals surface area contributed by atoms with Gasteiger partial charge in [0.05, 0.1) is 16.4 Å². The molecule has 0 saturated carbocycles. The maximum absolute atomic E-state index is 13.0. The lowest BCUT2D eigenvalue weighted by atomic mass is 10.0. The van der Waals surface area contributed by atoms with Crippen molar-refractivity contribution in [3.05, 3.63) is 29.3 Å². The number of nitrogens with one attached hydrogen (secondary N) is 1. The lowest BCUT2D eigenvalue weighted by molar-refractivity contribution is -0.126. The van der Waals surface area contributed by atoms with Gasteiger partial charge >= 0.3 is 0 Å². The van der Waals surface area contributed by atoms with Crippen molar-refractivity contribution in [1.29, 1.82) is 0 Å². The number of piperidine rings is 1. The van der Waals surface area contributed by atoms with Crippen LogP contribution in [0, 0.1) is 0 Å². The van der Waals surface area contributed by atoms with Gasteiger partial charge in [-0.3, -0.25) is 4.79 Å². The number of rotatable bonds is 4. The molecule has 0 aromatic heterocycles. The molecule has 1 aromatic rings. The highest BCUT2D eigenvalue weighted by Gasteiger charge is 2.39. The highest BCUT2D eigenvalue weighted by atomic mass is 35.5. The van der Waals surface area contributed by atoms with Crippen LogP contribution < -0.4 is 5.32 Å². The zero-order valence-corrected chi connectivity index (χ0v) is 16.5. The first-order valence-electron chi connectivity index (χ1n) is 8.47. The van der Waals surface area contributed by atoms with E-state index in [2.05, 4.69) is 5.32 Å². The van der Waals surface area contributed by atoms with Gasteiger partial charge in [0.25, 0.3) is 0 Å². The number of carbonyl (C=O) groups is 1. The Morgan fingerprint density at radius 1 is 1.15 bits per heavy atom. The maximum atomic E-state index is 13.0. The summed E-state index contributed by atoms with van der Waals surface area (Å²) in [6.07, 6.45) is 2.20. The second kappa shape index (κ2) is 7.46. The minimum Gasteiger partial charge on any atom is -0.351 e. The third-order valence-electron chi connectivity index (χ3n) is 4.76. The minimum atomic E-state index is -3.83. The first kappa shape index (κ1) is 19.6. The fraction of sp³-hybridized carbons (Fsp3) is 0.562. The third-order valence-corrected chi connectivity index (χ3v) is 8.70. The Kier molecular flexibility index (Phi) is 5.62. The van der Waals surface area contributed by atoms with Crippen molar-refractivity contribution in [3.63, 3.8) is 0 Å². The van der Waals surface area contributed by atoms with Gasteiger partial charge in [0.2, 0.25) is 15.9 Å². The third kappa shape index (κ3) is 4.21. The monoisotopic (exact) mass is 420 g/mol. The summed E-state index contributed by atoms with van der Waals surface area (Å²) in [5, 5.41) is 3.15. The standard InChI is InChI=1S/C16H21ClN2O5S2/c17-12-4-6-14(7-5-12)26(23,24)19-9-2-1-3-15(19)16(20)18-13-8-10-25(21,22)11-13/h4-7,13,15H,1-3,8-11H2,(H,18,20)/t13-,15-/m0/s1. The Morgan fingerprint density at radius 2 is 1.85 bits per heavy atom. The van der Waals surface area contributed by atoms with Crippen LogP contribution in [0.3, 0.4) is 0 Å². The molecule has 0 aliphatic carbocycles. The van der Waals surface area contributed by atoms with E-state index in [-0.39, 0.29) is 22.9 Å². The largest absolute Gasteiger partial charge is 0.351 e. The molecule has 1 amide bonds. The second-order valence-electron chi connectivity index (χ2n) is 6.69. The van der Waals surface area contributed by atoms with Gasteiger partial charge in [-0.2, -0.15) is 4.31 Å². The van der Waals surface area contributed by atoms with Crippen LogP contribution in [0.5, 0.6) is 0 Å². The zero-order valence-electron chi connectivity index (χ0n) is 14.1. The van der Waals surface area contributed by atoms with Gasteiger partial charge in [0.1, 0.15) is 6.04 Å².